The molecule has 1 N–H and O–H groups in total. The average molecular weight is 269 g/mol. The van der Waals surface area contributed by atoms with Crippen molar-refractivity contribution in [3.63, 3.8) is 0 Å². The molecule has 4 rings (SSSR count). The minimum absolute atomic E-state index is 0.149. The predicted molar refractivity (Wildman–Crippen MR) is 79.8 cm³/mol. The number of hydrogen-bond donors (Lipinski definition) is 1. The van der Waals surface area contributed by atoms with Crippen LogP contribution in [0.2, 0.25) is 0 Å². The molecule has 0 radical (unpaired) electrons. The molecule has 1 aromatic rings. The Balaban J connectivity index is 1.48. The van der Waals surface area contributed by atoms with Gasteiger partial charge in [-0.2, -0.15) is 0 Å². The molecule has 106 valence electrons. The van der Waals surface area contributed by atoms with Crippen LogP contribution in [0.4, 0.5) is 0 Å². The highest BCUT2D eigenvalue weighted by Gasteiger charge is 2.40. The van der Waals surface area contributed by atoms with E-state index in [-0.39, 0.29) is 5.91 Å². The van der Waals surface area contributed by atoms with Gasteiger partial charge in [0.15, 0.2) is 0 Å². The van der Waals surface area contributed by atoms with Crippen LogP contribution in [0.15, 0.2) is 18.2 Å². The van der Waals surface area contributed by atoms with E-state index in [1.807, 2.05) is 6.07 Å². The quantitative estimate of drug-likeness (QED) is 0.875. The summed E-state index contributed by atoms with van der Waals surface area (Å²) in [6.07, 6.45) is 10.1. The lowest BCUT2D eigenvalue weighted by Gasteiger charge is -2.23. The van der Waals surface area contributed by atoms with Gasteiger partial charge in [-0.15, -0.1) is 0 Å². The second-order valence-electron chi connectivity index (χ2n) is 6.95. The van der Waals surface area contributed by atoms with E-state index in [0.29, 0.717) is 6.04 Å². The zero-order valence-corrected chi connectivity index (χ0v) is 12.0. The Labute approximate surface area is 121 Å². The first-order chi connectivity index (χ1) is 9.79. The summed E-state index contributed by atoms with van der Waals surface area (Å²) < 4.78 is 0. The number of amides is 1. The summed E-state index contributed by atoms with van der Waals surface area (Å²) in [5, 5.41) is 3.29. The third-order valence-corrected chi connectivity index (χ3v) is 5.67. The monoisotopic (exact) mass is 269 g/mol. The molecule has 2 saturated carbocycles. The normalized spacial score (nSPS) is 31.1. The third kappa shape index (κ3) is 2.15. The van der Waals surface area contributed by atoms with Crippen molar-refractivity contribution >= 4 is 5.91 Å². The number of carbonyl (C=O) groups excluding carboxylic acids is 1. The molecule has 0 spiro atoms. The summed E-state index contributed by atoms with van der Waals surface area (Å²) in [7, 11) is 0. The van der Waals surface area contributed by atoms with Gasteiger partial charge in [-0.05, 0) is 80.0 Å². The van der Waals surface area contributed by atoms with Gasteiger partial charge in [0.1, 0.15) is 0 Å². The van der Waals surface area contributed by atoms with Crippen molar-refractivity contribution < 1.29 is 4.79 Å². The van der Waals surface area contributed by atoms with E-state index >= 15 is 0 Å². The second-order valence-corrected chi connectivity index (χ2v) is 6.95. The summed E-state index contributed by atoms with van der Waals surface area (Å²) in [5.74, 6) is 1.78. The zero-order valence-electron chi connectivity index (χ0n) is 12.0. The Kier molecular flexibility index (Phi) is 3.05. The smallest absolute Gasteiger partial charge is 0.251 e. The average Bonchev–Trinajstić information content (AvgIpc) is 3.09. The lowest BCUT2D eigenvalue weighted by molar-refractivity contribution is 0.0923. The number of nitrogens with one attached hydrogen (secondary N) is 1. The van der Waals surface area contributed by atoms with Gasteiger partial charge in [-0.25, -0.2) is 0 Å². The minimum atomic E-state index is 0.149. The zero-order chi connectivity index (χ0) is 13.5. The van der Waals surface area contributed by atoms with Crippen LogP contribution in [-0.4, -0.2) is 11.9 Å². The molecule has 1 aromatic carbocycles. The first-order valence-electron chi connectivity index (χ1n) is 8.22. The van der Waals surface area contributed by atoms with E-state index in [4.69, 9.17) is 0 Å². The summed E-state index contributed by atoms with van der Waals surface area (Å²) in [6.45, 7) is 0. The first-order valence-corrected chi connectivity index (χ1v) is 8.22. The van der Waals surface area contributed by atoms with Gasteiger partial charge < -0.3 is 5.32 Å². The van der Waals surface area contributed by atoms with Gasteiger partial charge in [0.25, 0.3) is 5.91 Å². The molecule has 0 saturated heterocycles. The molecule has 3 aliphatic rings. The van der Waals surface area contributed by atoms with E-state index in [0.717, 1.165) is 23.8 Å². The van der Waals surface area contributed by atoms with Crippen molar-refractivity contribution in [3.8, 4) is 0 Å². The van der Waals surface area contributed by atoms with E-state index in [1.165, 1.54) is 56.1 Å². The Morgan fingerprint density at radius 2 is 1.90 bits per heavy atom. The van der Waals surface area contributed by atoms with Crippen LogP contribution in [0.1, 0.15) is 60.0 Å². The molecule has 2 fully saturated rings. The predicted octanol–water partition coefficient (Wildman–Crippen LogP) is 3.48. The summed E-state index contributed by atoms with van der Waals surface area (Å²) in [6, 6.07) is 6.77. The molecular weight excluding hydrogens is 246 g/mol. The van der Waals surface area contributed by atoms with Gasteiger partial charge in [-0.1, -0.05) is 12.5 Å². The van der Waals surface area contributed by atoms with Crippen molar-refractivity contribution in [2.45, 2.75) is 57.4 Å². The van der Waals surface area contributed by atoms with Crippen molar-refractivity contribution in [3.05, 3.63) is 34.9 Å². The van der Waals surface area contributed by atoms with Crippen LogP contribution >= 0.6 is 0 Å². The van der Waals surface area contributed by atoms with Gasteiger partial charge in [-0.3, -0.25) is 4.79 Å². The molecule has 0 aliphatic heterocycles. The van der Waals surface area contributed by atoms with Crippen LogP contribution < -0.4 is 5.32 Å². The fraction of sp³-hybridized carbons (Fsp3) is 0.611. The fourth-order valence-corrected chi connectivity index (χ4v) is 4.55. The van der Waals surface area contributed by atoms with Crippen molar-refractivity contribution in [2.24, 2.45) is 11.8 Å². The molecule has 2 nitrogen and oxygen atoms in total. The van der Waals surface area contributed by atoms with E-state index < -0.39 is 0 Å². The Morgan fingerprint density at radius 1 is 1.05 bits per heavy atom. The topological polar surface area (TPSA) is 29.1 Å². The van der Waals surface area contributed by atoms with E-state index in [2.05, 4.69) is 17.4 Å². The third-order valence-electron chi connectivity index (χ3n) is 5.67. The molecule has 0 unspecified atom stereocenters. The highest BCUT2D eigenvalue weighted by atomic mass is 16.1. The van der Waals surface area contributed by atoms with Gasteiger partial charge in [0.05, 0.1) is 0 Å². The number of rotatable bonds is 2. The molecule has 1 amide bonds. The van der Waals surface area contributed by atoms with Crippen LogP contribution in [0.25, 0.3) is 0 Å². The number of hydrogen-bond acceptors (Lipinski definition) is 1. The number of fused-ring (bicyclic) bond motifs is 3. The Hall–Kier alpha value is -1.31. The molecular formula is C18H23NO. The van der Waals surface area contributed by atoms with E-state index in [1.54, 1.807) is 0 Å². The summed E-state index contributed by atoms with van der Waals surface area (Å²) in [5.41, 5.74) is 3.72. The van der Waals surface area contributed by atoms with Crippen molar-refractivity contribution in [1.82, 2.24) is 5.32 Å². The minimum Gasteiger partial charge on any atom is -0.349 e. The highest BCUT2D eigenvalue weighted by molar-refractivity contribution is 5.94. The lowest BCUT2D eigenvalue weighted by atomic mass is 9.90. The lowest BCUT2D eigenvalue weighted by Crippen LogP contribution is -2.38. The molecule has 2 bridgehead atoms. The molecule has 2 heteroatoms. The Bertz CT molecular complexity index is 536. The van der Waals surface area contributed by atoms with Crippen LogP contribution in [0, 0.1) is 11.8 Å². The van der Waals surface area contributed by atoms with Crippen LogP contribution in [0.3, 0.4) is 0 Å². The number of benzene rings is 1. The maximum atomic E-state index is 12.5. The first kappa shape index (κ1) is 12.4. The fourth-order valence-electron chi connectivity index (χ4n) is 4.55. The summed E-state index contributed by atoms with van der Waals surface area (Å²) >= 11 is 0. The van der Waals surface area contributed by atoms with Gasteiger partial charge in [0, 0.05) is 11.6 Å². The highest BCUT2D eigenvalue weighted by Crippen LogP contribution is 2.44. The Morgan fingerprint density at radius 3 is 2.65 bits per heavy atom. The molecule has 0 aromatic heterocycles. The number of carbonyl (C=O) groups is 1. The van der Waals surface area contributed by atoms with E-state index in [9.17, 15) is 4.79 Å². The maximum absolute atomic E-state index is 12.5. The number of aryl methyl sites for hydroxylation is 2. The largest absolute Gasteiger partial charge is 0.349 e. The molecule has 3 aliphatic carbocycles. The second kappa shape index (κ2) is 4.91. The molecule has 20 heavy (non-hydrogen) atoms. The summed E-state index contributed by atoms with van der Waals surface area (Å²) in [4.78, 5) is 12.5. The van der Waals surface area contributed by atoms with Crippen molar-refractivity contribution in [1.29, 1.82) is 0 Å². The van der Waals surface area contributed by atoms with Crippen molar-refractivity contribution in [2.75, 3.05) is 0 Å². The van der Waals surface area contributed by atoms with Crippen LogP contribution in [0.5, 0.6) is 0 Å². The SMILES string of the molecule is O=C(N[C@H]1C[C@@H]2CC[C@@H]1C2)c1ccc2c(c1)CCCC2. The van der Waals surface area contributed by atoms with Gasteiger partial charge >= 0.3 is 0 Å². The molecule has 0 heterocycles. The molecule has 3 atom stereocenters. The standard InChI is InChI=1S/C18H23NO/c20-18(19-17-10-12-5-6-15(17)9-12)16-8-7-13-3-1-2-4-14(13)11-16/h7-8,11-12,15,17H,1-6,9-10H2,(H,19,20)/t12-,15-,17+/m1/s1. The van der Waals surface area contributed by atoms with Gasteiger partial charge in [0.2, 0.25) is 0 Å². The van der Waals surface area contributed by atoms with Crippen LogP contribution in [-0.2, 0) is 12.8 Å². The maximum Gasteiger partial charge on any atom is 0.251 e.